The normalized spacial score (nSPS) is 29.4. The number of hydrogen-bond donors (Lipinski definition) is 0. The largest absolute Gasteiger partial charge is 0.161 e. The fourth-order valence-corrected chi connectivity index (χ4v) is 12.4. The third kappa shape index (κ3) is 10.4. The zero-order valence-electron chi connectivity index (χ0n) is 15.0. The second kappa shape index (κ2) is 12.5. The molecule has 0 aromatic rings. The molecule has 3 saturated heterocycles. The quantitative estimate of drug-likeness (QED) is 0.184. The summed E-state index contributed by atoms with van der Waals surface area (Å²) in [7, 11) is 0. The summed E-state index contributed by atoms with van der Waals surface area (Å²) in [6.45, 7) is 2.32. The molecule has 0 amide bonds. The van der Waals surface area contributed by atoms with Gasteiger partial charge < -0.3 is 0 Å². The number of thioether (sulfide) groups is 8. The molecule has 0 radical (unpaired) electrons. The lowest BCUT2D eigenvalue weighted by Gasteiger charge is -2.33. The Morgan fingerprint density at radius 1 is 0.720 bits per heavy atom. The Morgan fingerprint density at radius 2 is 1.20 bits per heavy atom. The van der Waals surface area contributed by atoms with Gasteiger partial charge in [-0.25, -0.2) is 0 Å². The lowest BCUT2D eigenvalue weighted by atomic mass is 10.2. The fourth-order valence-electron chi connectivity index (χ4n) is 2.32. The van der Waals surface area contributed by atoms with Gasteiger partial charge in [-0.05, 0) is 5.75 Å². The Balaban J connectivity index is 1.42. The first-order valence-electron chi connectivity index (χ1n) is 9.09. The van der Waals surface area contributed by atoms with Crippen LogP contribution in [0.4, 0.5) is 0 Å². The average molecular weight is 491 g/mol. The van der Waals surface area contributed by atoms with Crippen molar-refractivity contribution >= 4 is 94.1 Å². The van der Waals surface area contributed by atoms with E-state index in [1.54, 1.807) is 0 Å². The summed E-state index contributed by atoms with van der Waals surface area (Å²) >= 11 is 17.6. The van der Waals surface area contributed by atoms with Crippen molar-refractivity contribution in [2.45, 2.75) is 27.4 Å². The van der Waals surface area contributed by atoms with Gasteiger partial charge in [-0.1, -0.05) is 6.92 Å². The van der Waals surface area contributed by atoms with Crippen LogP contribution in [0.2, 0.25) is 0 Å². The Kier molecular flexibility index (Phi) is 11.2. The van der Waals surface area contributed by atoms with E-state index in [4.69, 9.17) is 0 Å². The minimum Gasteiger partial charge on any atom is -0.161 e. The van der Waals surface area contributed by atoms with Crippen LogP contribution < -0.4 is 0 Å². The first-order chi connectivity index (χ1) is 12.3. The van der Waals surface area contributed by atoms with E-state index in [-0.39, 0.29) is 0 Å². The Morgan fingerprint density at radius 3 is 1.68 bits per heavy atom. The first kappa shape index (κ1) is 22.5. The Labute approximate surface area is 189 Å². The van der Waals surface area contributed by atoms with Gasteiger partial charge in [0.05, 0.1) is 0 Å². The van der Waals surface area contributed by atoms with Gasteiger partial charge in [-0.3, -0.25) is 0 Å². The van der Waals surface area contributed by atoms with Gasteiger partial charge in [-0.2, -0.15) is 94.1 Å². The van der Waals surface area contributed by atoms with Crippen LogP contribution >= 0.6 is 94.1 Å². The molecule has 0 nitrogen and oxygen atoms in total. The van der Waals surface area contributed by atoms with Gasteiger partial charge in [0.25, 0.3) is 0 Å². The van der Waals surface area contributed by atoms with Crippen LogP contribution in [-0.4, -0.2) is 89.5 Å². The van der Waals surface area contributed by atoms with Crippen molar-refractivity contribution in [3.05, 3.63) is 0 Å². The van der Waals surface area contributed by atoms with Crippen molar-refractivity contribution in [2.24, 2.45) is 0 Å². The van der Waals surface area contributed by atoms with Crippen LogP contribution in [0, 0.1) is 0 Å². The van der Waals surface area contributed by atoms with E-state index in [0.29, 0.717) is 4.75 Å². The van der Waals surface area contributed by atoms with Gasteiger partial charge in [-0.15, -0.1) is 0 Å². The van der Waals surface area contributed by atoms with E-state index in [9.17, 15) is 0 Å². The van der Waals surface area contributed by atoms with Crippen LogP contribution in [0.25, 0.3) is 0 Å². The third-order valence-corrected chi connectivity index (χ3v) is 14.9. The van der Waals surface area contributed by atoms with E-state index in [0.717, 1.165) is 15.7 Å². The van der Waals surface area contributed by atoms with E-state index >= 15 is 0 Å². The lowest BCUT2D eigenvalue weighted by molar-refractivity contribution is 0.843. The number of hydrogen-bond acceptors (Lipinski definition) is 8. The van der Waals surface area contributed by atoms with E-state index < -0.39 is 0 Å². The highest BCUT2D eigenvalue weighted by Crippen LogP contribution is 2.41. The van der Waals surface area contributed by atoms with Crippen LogP contribution in [0.15, 0.2) is 0 Å². The second-order valence-electron chi connectivity index (χ2n) is 6.64. The van der Waals surface area contributed by atoms with Crippen LogP contribution in [0.3, 0.4) is 0 Å². The average Bonchev–Trinajstić information content (AvgIpc) is 3.46. The lowest BCUT2D eigenvalue weighted by Crippen LogP contribution is -2.36. The topological polar surface area (TPSA) is 0 Å². The molecule has 0 aromatic carbocycles. The monoisotopic (exact) mass is 490 g/mol. The molecule has 8 heteroatoms. The van der Waals surface area contributed by atoms with Crippen LogP contribution in [0.1, 0.15) is 6.92 Å². The fraction of sp³-hybridized carbons (Fsp3) is 1.00. The molecular formula is C17H30S8. The van der Waals surface area contributed by atoms with Crippen molar-refractivity contribution in [1.82, 2.24) is 0 Å². The van der Waals surface area contributed by atoms with Gasteiger partial charge in [0, 0.05) is 83.8 Å². The minimum atomic E-state index is 0.504. The Hall–Kier alpha value is 2.80. The minimum absolute atomic E-state index is 0.504. The maximum atomic E-state index is 2.32. The van der Waals surface area contributed by atoms with Crippen LogP contribution in [0.5, 0.6) is 0 Å². The molecule has 3 heterocycles. The van der Waals surface area contributed by atoms with Gasteiger partial charge in [0.1, 0.15) is 0 Å². The molecule has 0 bridgehead atoms. The van der Waals surface area contributed by atoms with E-state index in [1.165, 1.54) is 69.0 Å². The predicted octanol–water partition coefficient (Wildman–Crippen LogP) is 5.76. The molecule has 146 valence electrons. The van der Waals surface area contributed by atoms with Crippen molar-refractivity contribution in [2.75, 3.05) is 69.0 Å². The molecule has 0 N–H and O–H groups in total. The zero-order chi connectivity index (χ0) is 17.4. The molecule has 0 aliphatic carbocycles. The third-order valence-electron chi connectivity index (χ3n) is 4.05. The van der Waals surface area contributed by atoms with Gasteiger partial charge in [0.15, 0.2) is 0 Å². The summed E-state index contributed by atoms with van der Waals surface area (Å²) in [6.07, 6.45) is 0. The standard InChI is InChI=1S/C17H30S8/c1-2-18-11-17(12-20-6-15-9-23-15,13-21-7-16-10-24-16)25-4-3-19-5-14-8-22-14/h14-16H,2-13H2,1H3. The summed E-state index contributed by atoms with van der Waals surface area (Å²) in [6, 6.07) is 0. The zero-order valence-corrected chi connectivity index (χ0v) is 21.5. The molecular weight excluding hydrogens is 461 g/mol. The van der Waals surface area contributed by atoms with Crippen molar-refractivity contribution in [3.8, 4) is 0 Å². The summed E-state index contributed by atoms with van der Waals surface area (Å²) in [4.78, 5) is 0. The molecule has 0 saturated carbocycles. The number of rotatable bonds is 17. The highest BCUT2D eigenvalue weighted by atomic mass is 32.2. The van der Waals surface area contributed by atoms with Gasteiger partial charge >= 0.3 is 0 Å². The highest BCUT2D eigenvalue weighted by Gasteiger charge is 2.33. The molecule has 3 atom stereocenters. The van der Waals surface area contributed by atoms with Crippen molar-refractivity contribution < 1.29 is 0 Å². The smallest absolute Gasteiger partial charge is 0.0431 e. The predicted molar refractivity (Wildman–Crippen MR) is 139 cm³/mol. The maximum absolute atomic E-state index is 2.32. The van der Waals surface area contributed by atoms with Crippen molar-refractivity contribution in [1.29, 1.82) is 0 Å². The molecule has 3 unspecified atom stereocenters. The van der Waals surface area contributed by atoms with E-state index in [2.05, 4.69) is 101 Å². The molecule has 0 aromatic heterocycles. The molecule has 3 rings (SSSR count). The molecule has 3 fully saturated rings. The summed E-state index contributed by atoms with van der Waals surface area (Å²) in [5.74, 6) is 16.5. The summed E-state index contributed by atoms with van der Waals surface area (Å²) in [5.41, 5.74) is 0. The SMILES string of the molecule is CCSCC(CSCC1CS1)(CSCC1CS1)SCCSCC1CS1. The summed E-state index contributed by atoms with van der Waals surface area (Å²) < 4.78 is 0.504. The maximum Gasteiger partial charge on any atom is 0.0431 e. The van der Waals surface area contributed by atoms with Crippen molar-refractivity contribution in [3.63, 3.8) is 0 Å². The van der Waals surface area contributed by atoms with Crippen LogP contribution in [-0.2, 0) is 0 Å². The van der Waals surface area contributed by atoms with E-state index in [1.807, 2.05) is 0 Å². The highest BCUT2D eigenvalue weighted by molar-refractivity contribution is 8.11. The molecule has 3 aliphatic heterocycles. The molecule has 0 spiro atoms. The molecule has 25 heavy (non-hydrogen) atoms. The molecule has 3 aliphatic rings. The summed E-state index contributed by atoms with van der Waals surface area (Å²) in [5, 5.41) is 2.95. The Bertz CT molecular complexity index is 350. The first-order valence-corrected chi connectivity index (χ1v) is 17.8. The van der Waals surface area contributed by atoms with Gasteiger partial charge in [0.2, 0.25) is 0 Å². The second-order valence-corrected chi connectivity index (χ2v) is 16.7.